The smallest absolute Gasteiger partial charge is 0.265 e. The highest BCUT2D eigenvalue weighted by Gasteiger charge is 2.15. The molecule has 1 amide bonds. The van der Waals surface area contributed by atoms with Gasteiger partial charge in [-0.05, 0) is 43.7 Å². The highest BCUT2D eigenvalue weighted by molar-refractivity contribution is 6.31. The number of hydrogen-bond acceptors (Lipinski definition) is 2. The lowest BCUT2D eigenvalue weighted by Crippen LogP contribution is -2.30. The van der Waals surface area contributed by atoms with Gasteiger partial charge in [-0.15, -0.1) is 0 Å². The predicted octanol–water partition coefficient (Wildman–Crippen LogP) is 4.05. The first kappa shape index (κ1) is 14.4. The molecule has 1 atom stereocenters. The van der Waals surface area contributed by atoms with E-state index in [0.717, 1.165) is 5.56 Å². The first-order valence-corrected chi connectivity index (χ1v) is 6.73. The van der Waals surface area contributed by atoms with Crippen molar-refractivity contribution in [2.45, 2.75) is 20.0 Å². The Labute approximate surface area is 123 Å². The fraction of sp³-hybridized carbons (Fsp3) is 0.188. The summed E-state index contributed by atoms with van der Waals surface area (Å²) in [5, 5.41) is 3.41. The molecule has 0 spiro atoms. The lowest BCUT2D eigenvalue weighted by Gasteiger charge is -2.15. The molecule has 2 aromatic rings. The third-order valence-corrected chi connectivity index (χ3v) is 3.12. The van der Waals surface area contributed by atoms with E-state index in [1.54, 1.807) is 19.1 Å². The van der Waals surface area contributed by atoms with Crippen LogP contribution in [0.15, 0.2) is 48.5 Å². The van der Waals surface area contributed by atoms with Crippen LogP contribution >= 0.6 is 11.6 Å². The van der Waals surface area contributed by atoms with Crippen molar-refractivity contribution in [3.8, 4) is 5.75 Å². The van der Waals surface area contributed by atoms with Crippen molar-refractivity contribution in [2.24, 2.45) is 0 Å². The lowest BCUT2D eigenvalue weighted by molar-refractivity contribution is -0.122. The van der Waals surface area contributed by atoms with Gasteiger partial charge in [-0.3, -0.25) is 4.79 Å². The number of benzene rings is 2. The molecule has 0 saturated heterocycles. The number of amides is 1. The lowest BCUT2D eigenvalue weighted by atomic mass is 10.2. The minimum atomic E-state index is -0.587. The highest BCUT2D eigenvalue weighted by Crippen LogP contribution is 2.20. The Balaban J connectivity index is 2.02. The number of hydrogen-bond donors (Lipinski definition) is 1. The second kappa shape index (κ2) is 6.44. The minimum Gasteiger partial charge on any atom is -0.481 e. The van der Waals surface area contributed by atoms with Gasteiger partial charge in [0.25, 0.3) is 5.91 Å². The summed E-state index contributed by atoms with van der Waals surface area (Å²) in [4.78, 5) is 12.1. The standard InChI is InChI=1S/C16H16ClNO2/c1-11-8-9-13(17)10-15(11)18-16(19)12(2)20-14-6-4-3-5-7-14/h3-10,12H,1-2H3,(H,18,19). The second-order valence-electron chi connectivity index (χ2n) is 4.52. The van der Waals surface area contributed by atoms with Crippen molar-refractivity contribution in [3.05, 3.63) is 59.1 Å². The van der Waals surface area contributed by atoms with Crippen molar-refractivity contribution in [1.29, 1.82) is 0 Å². The van der Waals surface area contributed by atoms with Gasteiger partial charge in [0.15, 0.2) is 6.10 Å². The third-order valence-electron chi connectivity index (χ3n) is 2.88. The number of rotatable bonds is 4. The summed E-state index contributed by atoms with van der Waals surface area (Å²) in [5.74, 6) is 0.456. The van der Waals surface area contributed by atoms with E-state index < -0.39 is 6.10 Å². The van der Waals surface area contributed by atoms with E-state index in [0.29, 0.717) is 16.5 Å². The van der Waals surface area contributed by atoms with E-state index in [1.807, 2.05) is 43.3 Å². The predicted molar refractivity (Wildman–Crippen MR) is 81.4 cm³/mol. The second-order valence-corrected chi connectivity index (χ2v) is 4.96. The van der Waals surface area contributed by atoms with Gasteiger partial charge in [0, 0.05) is 10.7 Å². The maximum absolute atomic E-state index is 12.1. The molecular formula is C16H16ClNO2. The van der Waals surface area contributed by atoms with Gasteiger partial charge in [-0.25, -0.2) is 0 Å². The molecule has 20 heavy (non-hydrogen) atoms. The molecule has 3 nitrogen and oxygen atoms in total. The van der Waals surface area contributed by atoms with Crippen LogP contribution in [0.4, 0.5) is 5.69 Å². The van der Waals surface area contributed by atoms with Crippen molar-refractivity contribution in [1.82, 2.24) is 0 Å². The molecule has 0 aliphatic carbocycles. The van der Waals surface area contributed by atoms with Crippen molar-refractivity contribution >= 4 is 23.2 Å². The van der Waals surface area contributed by atoms with E-state index >= 15 is 0 Å². The maximum atomic E-state index is 12.1. The van der Waals surface area contributed by atoms with Gasteiger partial charge in [-0.1, -0.05) is 35.9 Å². The van der Waals surface area contributed by atoms with Crippen LogP contribution in [0.2, 0.25) is 5.02 Å². The Kier molecular flexibility index (Phi) is 4.64. The molecule has 0 aliphatic rings. The topological polar surface area (TPSA) is 38.3 Å². The highest BCUT2D eigenvalue weighted by atomic mass is 35.5. The van der Waals surface area contributed by atoms with Crippen LogP contribution in [0.3, 0.4) is 0 Å². The average Bonchev–Trinajstić information content (AvgIpc) is 2.44. The number of anilines is 1. The van der Waals surface area contributed by atoms with E-state index in [9.17, 15) is 4.79 Å². The number of ether oxygens (including phenoxy) is 1. The number of para-hydroxylation sites is 1. The van der Waals surface area contributed by atoms with Crippen LogP contribution in [0.1, 0.15) is 12.5 Å². The molecule has 0 heterocycles. The zero-order chi connectivity index (χ0) is 14.5. The van der Waals surface area contributed by atoms with Crippen molar-refractivity contribution in [2.75, 3.05) is 5.32 Å². The third kappa shape index (κ3) is 3.75. The summed E-state index contributed by atoms with van der Waals surface area (Å²) in [6, 6.07) is 14.6. The minimum absolute atomic E-state index is 0.209. The SMILES string of the molecule is Cc1ccc(Cl)cc1NC(=O)C(C)Oc1ccccc1. The van der Waals surface area contributed by atoms with Gasteiger partial charge < -0.3 is 10.1 Å². The average molecular weight is 290 g/mol. The molecule has 0 aromatic heterocycles. The summed E-state index contributed by atoms with van der Waals surface area (Å²) < 4.78 is 5.57. The fourth-order valence-electron chi connectivity index (χ4n) is 1.72. The number of halogens is 1. The number of carbonyl (C=O) groups excluding carboxylic acids is 1. The van der Waals surface area contributed by atoms with Crippen molar-refractivity contribution in [3.63, 3.8) is 0 Å². The Hall–Kier alpha value is -2.00. The molecular weight excluding hydrogens is 274 g/mol. The zero-order valence-corrected chi connectivity index (χ0v) is 12.1. The molecule has 0 radical (unpaired) electrons. The molecule has 1 unspecified atom stereocenters. The normalized spacial score (nSPS) is 11.8. The Bertz CT molecular complexity index is 599. The summed E-state index contributed by atoms with van der Waals surface area (Å²) in [6.07, 6.45) is -0.587. The first-order valence-electron chi connectivity index (χ1n) is 6.35. The molecule has 0 saturated carbocycles. The van der Waals surface area contributed by atoms with Crippen LogP contribution in [-0.4, -0.2) is 12.0 Å². The summed E-state index contributed by atoms with van der Waals surface area (Å²) >= 11 is 5.93. The molecule has 0 bridgehead atoms. The molecule has 1 N–H and O–H groups in total. The van der Waals surface area contributed by atoms with E-state index in [-0.39, 0.29) is 5.91 Å². The van der Waals surface area contributed by atoms with Gasteiger partial charge in [0.05, 0.1) is 0 Å². The molecule has 2 aromatic carbocycles. The van der Waals surface area contributed by atoms with Gasteiger partial charge in [0.2, 0.25) is 0 Å². The van der Waals surface area contributed by atoms with Crippen molar-refractivity contribution < 1.29 is 9.53 Å². The molecule has 4 heteroatoms. The summed E-state index contributed by atoms with van der Waals surface area (Å²) in [7, 11) is 0. The van der Waals surface area contributed by atoms with Crippen LogP contribution in [0.5, 0.6) is 5.75 Å². The summed E-state index contributed by atoms with van der Waals surface area (Å²) in [5.41, 5.74) is 1.65. The zero-order valence-electron chi connectivity index (χ0n) is 11.4. The first-order chi connectivity index (χ1) is 9.56. The van der Waals surface area contributed by atoms with Crippen LogP contribution in [0.25, 0.3) is 0 Å². The van der Waals surface area contributed by atoms with E-state index in [4.69, 9.17) is 16.3 Å². The Morgan fingerprint density at radius 3 is 2.60 bits per heavy atom. The Morgan fingerprint density at radius 2 is 1.90 bits per heavy atom. The molecule has 104 valence electrons. The quantitative estimate of drug-likeness (QED) is 0.922. The Morgan fingerprint density at radius 1 is 1.20 bits per heavy atom. The molecule has 0 aliphatic heterocycles. The number of carbonyl (C=O) groups is 1. The largest absolute Gasteiger partial charge is 0.481 e. The van der Waals surface area contributed by atoms with Gasteiger partial charge in [-0.2, -0.15) is 0 Å². The van der Waals surface area contributed by atoms with E-state index in [1.165, 1.54) is 0 Å². The van der Waals surface area contributed by atoms with Gasteiger partial charge >= 0.3 is 0 Å². The maximum Gasteiger partial charge on any atom is 0.265 e. The summed E-state index contributed by atoms with van der Waals surface area (Å²) in [6.45, 7) is 3.62. The number of nitrogens with one attached hydrogen (secondary N) is 1. The van der Waals surface area contributed by atoms with Crippen LogP contribution < -0.4 is 10.1 Å². The van der Waals surface area contributed by atoms with Gasteiger partial charge in [0.1, 0.15) is 5.75 Å². The molecule has 0 fully saturated rings. The van der Waals surface area contributed by atoms with Crippen LogP contribution in [0, 0.1) is 6.92 Å². The number of aryl methyl sites for hydroxylation is 1. The molecule has 2 rings (SSSR count). The monoisotopic (exact) mass is 289 g/mol. The van der Waals surface area contributed by atoms with E-state index in [2.05, 4.69) is 5.32 Å². The fourth-order valence-corrected chi connectivity index (χ4v) is 1.89. The van der Waals surface area contributed by atoms with Crippen LogP contribution in [-0.2, 0) is 4.79 Å².